The van der Waals surface area contributed by atoms with Crippen molar-refractivity contribution in [2.75, 3.05) is 5.32 Å². The Hall–Kier alpha value is -4.39. The first-order chi connectivity index (χ1) is 19.7. The number of aryl methyl sites for hydroxylation is 1. The number of carboxylic acids is 1. The van der Waals surface area contributed by atoms with E-state index in [4.69, 9.17) is 4.42 Å². The molecule has 1 aromatic heterocycles. The van der Waals surface area contributed by atoms with Crippen molar-refractivity contribution < 1.29 is 27.5 Å². The number of aliphatic carboxylic acids is 1. The first-order valence-electron chi connectivity index (χ1n) is 13.5. The molecule has 4 rings (SSSR count). The van der Waals surface area contributed by atoms with Crippen molar-refractivity contribution in [3.63, 3.8) is 0 Å². The number of fused-ring (bicyclic) bond motifs is 1. The zero-order valence-electron chi connectivity index (χ0n) is 24.4. The van der Waals surface area contributed by atoms with Crippen molar-refractivity contribution in [3.05, 3.63) is 83.6 Å². The maximum absolute atomic E-state index is 13.1. The first kappa shape index (κ1) is 30.6. The molecule has 0 aliphatic heterocycles. The van der Waals surface area contributed by atoms with Gasteiger partial charge in [-0.3, -0.25) is 9.59 Å². The molecule has 1 heterocycles. The third kappa shape index (κ3) is 6.90. The fourth-order valence-corrected chi connectivity index (χ4v) is 5.68. The second-order valence-corrected chi connectivity index (χ2v) is 13.2. The number of sulfonamides is 1. The zero-order chi connectivity index (χ0) is 30.8. The summed E-state index contributed by atoms with van der Waals surface area (Å²) in [7, 11) is -4.02. The highest BCUT2D eigenvalue weighted by Gasteiger charge is 2.28. The molecule has 0 aliphatic carbocycles. The molecule has 4 aromatic rings. The van der Waals surface area contributed by atoms with Gasteiger partial charge < -0.3 is 14.8 Å². The highest BCUT2D eigenvalue weighted by molar-refractivity contribution is 7.89. The van der Waals surface area contributed by atoms with E-state index in [0.717, 1.165) is 22.1 Å². The van der Waals surface area contributed by atoms with Crippen LogP contribution >= 0.6 is 0 Å². The van der Waals surface area contributed by atoms with Gasteiger partial charge in [-0.25, -0.2) is 8.42 Å². The summed E-state index contributed by atoms with van der Waals surface area (Å²) in [6, 6.07) is 17.6. The molecule has 0 saturated carbocycles. The van der Waals surface area contributed by atoms with Gasteiger partial charge in [0.25, 0.3) is 5.91 Å². The molecule has 0 unspecified atom stereocenters. The van der Waals surface area contributed by atoms with Crippen molar-refractivity contribution in [3.8, 4) is 23.0 Å². The van der Waals surface area contributed by atoms with Gasteiger partial charge in [0.15, 0.2) is 5.76 Å². The first-order valence-corrected chi connectivity index (χ1v) is 15.0. The Bertz CT molecular complexity index is 1800. The monoisotopic (exact) mass is 586 g/mol. The number of carbonyl (C=O) groups excluding carboxylic acids is 1. The van der Waals surface area contributed by atoms with E-state index < -0.39 is 28.0 Å². The standard InChI is InChI=1S/C33H34N2O6S/c1-20(2)29(32(37)38)35-42(39,40)26-16-12-23(13-17-26)22-10-14-25(15-11-22)34-31(36)30-21(3)28-24(18-19-33(4,5)6)8-7-9-27(28)41-30/h7-17,20,29,35H,1-6H3,(H,34,36)(H,37,38)/t29-/m0/s1. The van der Waals surface area contributed by atoms with Crippen LogP contribution in [0.25, 0.3) is 22.1 Å². The Balaban J connectivity index is 1.50. The molecule has 1 atom stereocenters. The molecule has 0 spiro atoms. The van der Waals surface area contributed by atoms with Crippen molar-refractivity contribution in [1.82, 2.24) is 4.72 Å². The van der Waals surface area contributed by atoms with Crippen LogP contribution < -0.4 is 10.0 Å². The van der Waals surface area contributed by atoms with Gasteiger partial charge >= 0.3 is 5.97 Å². The summed E-state index contributed by atoms with van der Waals surface area (Å²) >= 11 is 0. The molecule has 3 aromatic carbocycles. The minimum Gasteiger partial charge on any atom is -0.480 e. The normalized spacial score (nSPS) is 12.5. The molecule has 1 amide bonds. The maximum Gasteiger partial charge on any atom is 0.322 e. The number of hydrogen-bond acceptors (Lipinski definition) is 5. The predicted octanol–water partition coefficient (Wildman–Crippen LogP) is 6.45. The van der Waals surface area contributed by atoms with Crippen LogP contribution in [0.4, 0.5) is 5.69 Å². The molecule has 0 saturated heterocycles. The van der Waals surface area contributed by atoms with Gasteiger partial charge in [-0.2, -0.15) is 4.72 Å². The van der Waals surface area contributed by atoms with Crippen molar-refractivity contribution in [1.29, 1.82) is 0 Å². The highest BCUT2D eigenvalue weighted by Crippen LogP contribution is 2.30. The van der Waals surface area contributed by atoms with Crippen molar-refractivity contribution >= 4 is 38.6 Å². The fraction of sp³-hybridized carbons (Fsp3) is 0.273. The van der Waals surface area contributed by atoms with Gasteiger partial charge in [-0.05, 0) is 81.1 Å². The van der Waals surface area contributed by atoms with Crippen molar-refractivity contribution in [2.24, 2.45) is 11.3 Å². The van der Waals surface area contributed by atoms with Crippen LogP contribution in [0.15, 0.2) is 76.0 Å². The third-order valence-electron chi connectivity index (χ3n) is 6.59. The SMILES string of the molecule is Cc1c(C(=O)Nc2ccc(-c3ccc(S(=O)(=O)N[C@H](C(=O)O)C(C)C)cc3)cc2)oc2cccc(C#CC(C)(C)C)c12. The third-order valence-corrected chi connectivity index (χ3v) is 8.04. The number of carbonyl (C=O) groups is 2. The van der Waals surface area contributed by atoms with Crippen LogP contribution in [-0.4, -0.2) is 31.4 Å². The maximum atomic E-state index is 13.1. The Labute approximate surface area is 246 Å². The lowest BCUT2D eigenvalue weighted by atomic mass is 9.96. The number of amides is 1. The molecule has 9 heteroatoms. The Morgan fingerprint density at radius 2 is 1.52 bits per heavy atom. The molecule has 0 fully saturated rings. The number of benzene rings is 3. The fourth-order valence-electron chi connectivity index (χ4n) is 4.35. The predicted molar refractivity (Wildman–Crippen MR) is 164 cm³/mol. The number of furan rings is 1. The van der Waals surface area contributed by atoms with Gasteiger partial charge in [0.2, 0.25) is 10.0 Å². The summed E-state index contributed by atoms with van der Waals surface area (Å²) in [6.45, 7) is 11.2. The average Bonchev–Trinajstić information content (AvgIpc) is 3.27. The van der Waals surface area contributed by atoms with Crippen LogP contribution in [0.2, 0.25) is 0 Å². The van der Waals surface area contributed by atoms with Crippen LogP contribution in [0.3, 0.4) is 0 Å². The number of anilines is 1. The van der Waals surface area contributed by atoms with E-state index in [2.05, 4.69) is 21.9 Å². The second kappa shape index (κ2) is 11.8. The van der Waals surface area contributed by atoms with E-state index in [-0.39, 0.29) is 22.0 Å². The summed E-state index contributed by atoms with van der Waals surface area (Å²) in [6.07, 6.45) is 0. The van der Waals surface area contributed by atoms with Gasteiger partial charge in [0.05, 0.1) is 4.90 Å². The van der Waals surface area contributed by atoms with E-state index in [1.54, 1.807) is 38.1 Å². The minimum atomic E-state index is -4.02. The number of rotatable bonds is 8. The molecule has 0 bridgehead atoms. The average molecular weight is 587 g/mol. The molecule has 42 heavy (non-hydrogen) atoms. The minimum absolute atomic E-state index is 0.0317. The van der Waals surface area contributed by atoms with Crippen LogP contribution in [-0.2, 0) is 14.8 Å². The van der Waals surface area contributed by atoms with E-state index in [1.807, 2.05) is 58.0 Å². The molecular weight excluding hydrogens is 552 g/mol. The van der Waals surface area contributed by atoms with Crippen LogP contribution in [0, 0.1) is 30.1 Å². The molecule has 8 nitrogen and oxygen atoms in total. The van der Waals surface area contributed by atoms with Gasteiger partial charge in [0, 0.05) is 27.6 Å². The highest BCUT2D eigenvalue weighted by atomic mass is 32.2. The van der Waals surface area contributed by atoms with E-state index >= 15 is 0 Å². The summed E-state index contributed by atoms with van der Waals surface area (Å²) < 4.78 is 33.6. The smallest absolute Gasteiger partial charge is 0.322 e. The topological polar surface area (TPSA) is 126 Å². The summed E-state index contributed by atoms with van der Waals surface area (Å²) in [5.41, 5.74) is 4.07. The quantitative estimate of drug-likeness (QED) is 0.204. The number of carboxylic acid groups (broad SMARTS) is 1. The van der Waals surface area contributed by atoms with Gasteiger partial charge in [-0.1, -0.05) is 56.0 Å². The summed E-state index contributed by atoms with van der Waals surface area (Å²) in [4.78, 5) is 24.5. The molecule has 3 N–H and O–H groups in total. The van der Waals surface area contributed by atoms with Crippen LogP contribution in [0.1, 0.15) is 56.3 Å². The van der Waals surface area contributed by atoms with E-state index in [1.165, 1.54) is 12.1 Å². The van der Waals surface area contributed by atoms with Gasteiger partial charge in [0.1, 0.15) is 11.6 Å². The van der Waals surface area contributed by atoms with E-state index in [9.17, 15) is 23.1 Å². The van der Waals surface area contributed by atoms with Crippen molar-refractivity contribution in [2.45, 2.75) is 52.5 Å². The Kier molecular flexibility index (Phi) is 8.62. The van der Waals surface area contributed by atoms with E-state index in [0.29, 0.717) is 16.8 Å². The molecular formula is C33H34N2O6S. The molecule has 0 radical (unpaired) electrons. The molecule has 218 valence electrons. The lowest BCUT2D eigenvalue weighted by Crippen LogP contribution is -2.44. The summed E-state index contributed by atoms with van der Waals surface area (Å²) in [5.74, 6) is 4.63. The largest absolute Gasteiger partial charge is 0.480 e. The Morgan fingerprint density at radius 1 is 0.929 bits per heavy atom. The van der Waals surface area contributed by atoms with Crippen LogP contribution in [0.5, 0.6) is 0 Å². The summed E-state index contributed by atoms with van der Waals surface area (Å²) in [5, 5.41) is 13.0. The second-order valence-electron chi connectivity index (χ2n) is 11.5. The molecule has 0 aliphatic rings. The Morgan fingerprint density at radius 3 is 2.07 bits per heavy atom. The lowest BCUT2D eigenvalue weighted by Gasteiger charge is -2.18. The number of nitrogens with one attached hydrogen (secondary N) is 2. The zero-order valence-corrected chi connectivity index (χ0v) is 25.2. The van der Waals surface area contributed by atoms with Gasteiger partial charge in [-0.15, -0.1) is 0 Å². The lowest BCUT2D eigenvalue weighted by molar-refractivity contribution is -0.140. The number of hydrogen-bond donors (Lipinski definition) is 3.